The molecule has 1 aromatic rings. The molecule has 0 spiro atoms. The summed E-state index contributed by atoms with van der Waals surface area (Å²) < 4.78 is 0. The zero-order valence-electron chi connectivity index (χ0n) is 11.4. The van der Waals surface area contributed by atoms with Crippen LogP contribution >= 0.6 is 11.8 Å². The molecule has 0 aliphatic heterocycles. The number of hydrogen-bond donors (Lipinski definition) is 1. The van der Waals surface area contributed by atoms with E-state index in [0.717, 1.165) is 11.3 Å². The van der Waals surface area contributed by atoms with Crippen LogP contribution in [-0.4, -0.2) is 16.6 Å². The largest absolute Gasteiger partial charge is 0.508 e. The van der Waals surface area contributed by atoms with Gasteiger partial charge in [0.25, 0.3) is 0 Å². The van der Waals surface area contributed by atoms with Crippen molar-refractivity contribution in [2.24, 2.45) is 0 Å². The molecular formula is C15H24OS. The molecular weight excluding hydrogens is 228 g/mol. The van der Waals surface area contributed by atoms with Gasteiger partial charge in [0.2, 0.25) is 0 Å². The highest BCUT2D eigenvalue weighted by Crippen LogP contribution is 2.30. The molecule has 2 heteroatoms. The summed E-state index contributed by atoms with van der Waals surface area (Å²) in [6, 6.07) is 5.96. The first-order valence-electron chi connectivity index (χ1n) is 6.35. The molecule has 0 fully saturated rings. The molecule has 1 nitrogen and oxygen atoms in total. The van der Waals surface area contributed by atoms with Crippen LogP contribution in [0.3, 0.4) is 0 Å². The molecule has 0 saturated heterocycles. The molecule has 0 saturated carbocycles. The molecule has 0 radical (unpaired) electrons. The quantitative estimate of drug-likeness (QED) is 0.752. The van der Waals surface area contributed by atoms with Crippen molar-refractivity contribution in [2.45, 2.75) is 46.0 Å². The molecule has 0 amide bonds. The third kappa shape index (κ3) is 4.27. The fourth-order valence-corrected chi connectivity index (χ4v) is 3.05. The van der Waals surface area contributed by atoms with E-state index in [4.69, 9.17) is 0 Å². The molecule has 1 aromatic carbocycles. The summed E-state index contributed by atoms with van der Waals surface area (Å²) in [6.45, 7) is 8.74. The van der Waals surface area contributed by atoms with Crippen LogP contribution in [0.4, 0.5) is 0 Å². The van der Waals surface area contributed by atoms with Gasteiger partial charge in [0.05, 0.1) is 0 Å². The van der Waals surface area contributed by atoms with Crippen molar-refractivity contribution in [3.8, 4) is 5.75 Å². The Balaban J connectivity index is 2.64. The van der Waals surface area contributed by atoms with E-state index in [1.165, 1.54) is 24.2 Å². The minimum absolute atomic E-state index is 0.177. The maximum absolute atomic E-state index is 9.55. The van der Waals surface area contributed by atoms with Crippen molar-refractivity contribution in [1.29, 1.82) is 0 Å². The van der Waals surface area contributed by atoms with Gasteiger partial charge in [-0.05, 0) is 41.7 Å². The number of benzene rings is 1. The van der Waals surface area contributed by atoms with Gasteiger partial charge in [-0.3, -0.25) is 0 Å². The van der Waals surface area contributed by atoms with Gasteiger partial charge in [-0.2, -0.15) is 11.8 Å². The predicted octanol–water partition coefficient (Wildman–Crippen LogP) is 4.51. The van der Waals surface area contributed by atoms with Crippen molar-refractivity contribution in [3.05, 3.63) is 29.3 Å². The fraction of sp³-hybridized carbons (Fsp3) is 0.600. The highest BCUT2D eigenvalue weighted by molar-refractivity contribution is 7.99. The summed E-state index contributed by atoms with van der Waals surface area (Å²) in [5.41, 5.74) is 2.46. The summed E-state index contributed by atoms with van der Waals surface area (Å²) >= 11 is 2.03. The number of aryl methyl sites for hydroxylation is 1. The molecule has 96 valence electrons. The van der Waals surface area contributed by atoms with Crippen molar-refractivity contribution in [3.63, 3.8) is 0 Å². The lowest BCUT2D eigenvalue weighted by molar-refractivity contribution is 0.470. The van der Waals surface area contributed by atoms with Crippen LogP contribution < -0.4 is 0 Å². The van der Waals surface area contributed by atoms with E-state index >= 15 is 0 Å². The van der Waals surface area contributed by atoms with Crippen molar-refractivity contribution < 1.29 is 5.11 Å². The number of hydrogen-bond acceptors (Lipinski definition) is 2. The molecule has 0 heterocycles. The Hall–Kier alpha value is -0.630. The molecule has 0 atom stereocenters. The Kier molecular flexibility index (Phi) is 5.38. The van der Waals surface area contributed by atoms with E-state index in [1.807, 2.05) is 30.8 Å². The Bertz CT molecular complexity index is 358. The van der Waals surface area contributed by atoms with Crippen molar-refractivity contribution in [2.75, 3.05) is 11.5 Å². The summed E-state index contributed by atoms with van der Waals surface area (Å²) in [7, 11) is 0. The average molecular weight is 252 g/mol. The minimum atomic E-state index is 0.177. The second-order valence-corrected chi connectivity index (χ2v) is 6.40. The van der Waals surface area contributed by atoms with Crippen LogP contribution in [0.2, 0.25) is 0 Å². The van der Waals surface area contributed by atoms with Crippen LogP contribution in [0.15, 0.2) is 18.2 Å². The maximum Gasteiger partial charge on any atom is 0.118 e. The van der Waals surface area contributed by atoms with Crippen LogP contribution in [0, 0.1) is 6.92 Å². The molecule has 0 aliphatic rings. The van der Waals surface area contributed by atoms with Gasteiger partial charge in [-0.1, -0.05) is 39.3 Å². The van der Waals surface area contributed by atoms with Gasteiger partial charge in [0.15, 0.2) is 0 Å². The maximum atomic E-state index is 9.55. The van der Waals surface area contributed by atoms with E-state index < -0.39 is 0 Å². The van der Waals surface area contributed by atoms with Crippen molar-refractivity contribution in [1.82, 2.24) is 0 Å². The Morgan fingerprint density at radius 2 is 2.00 bits per heavy atom. The van der Waals surface area contributed by atoms with Crippen LogP contribution in [0.5, 0.6) is 5.75 Å². The van der Waals surface area contributed by atoms with Gasteiger partial charge in [-0.25, -0.2) is 0 Å². The first-order chi connectivity index (χ1) is 7.97. The predicted molar refractivity (Wildman–Crippen MR) is 78.1 cm³/mol. The first kappa shape index (κ1) is 14.4. The summed E-state index contributed by atoms with van der Waals surface area (Å²) in [6.07, 6.45) is 2.57. The molecule has 0 bridgehead atoms. The van der Waals surface area contributed by atoms with Crippen LogP contribution in [0.25, 0.3) is 0 Å². The average Bonchev–Trinajstić information content (AvgIpc) is 2.28. The molecule has 17 heavy (non-hydrogen) atoms. The SMILES string of the molecule is CCCCSCC(C)(C)c1ccc(O)c(C)c1. The lowest BCUT2D eigenvalue weighted by Gasteiger charge is -2.25. The number of aromatic hydroxyl groups is 1. The molecule has 1 N–H and O–H groups in total. The number of thioether (sulfide) groups is 1. The second-order valence-electron chi connectivity index (χ2n) is 5.29. The number of rotatable bonds is 6. The summed E-state index contributed by atoms with van der Waals surface area (Å²) in [5.74, 6) is 2.77. The summed E-state index contributed by atoms with van der Waals surface area (Å²) in [5, 5.41) is 9.55. The normalized spacial score (nSPS) is 11.8. The number of unbranched alkanes of at least 4 members (excludes halogenated alkanes) is 1. The zero-order valence-corrected chi connectivity index (χ0v) is 12.2. The van der Waals surface area contributed by atoms with E-state index in [1.54, 1.807) is 0 Å². The lowest BCUT2D eigenvalue weighted by Crippen LogP contribution is -2.20. The first-order valence-corrected chi connectivity index (χ1v) is 7.50. The third-order valence-electron chi connectivity index (χ3n) is 3.08. The smallest absolute Gasteiger partial charge is 0.118 e. The highest BCUT2D eigenvalue weighted by atomic mass is 32.2. The topological polar surface area (TPSA) is 20.2 Å². The van der Waals surface area contributed by atoms with E-state index in [9.17, 15) is 5.11 Å². The number of phenolic OH excluding ortho intramolecular Hbond substituents is 1. The van der Waals surface area contributed by atoms with Gasteiger partial charge in [-0.15, -0.1) is 0 Å². The highest BCUT2D eigenvalue weighted by Gasteiger charge is 2.20. The van der Waals surface area contributed by atoms with E-state index in [0.29, 0.717) is 5.75 Å². The molecule has 0 aromatic heterocycles. The Morgan fingerprint density at radius 3 is 2.59 bits per heavy atom. The monoisotopic (exact) mass is 252 g/mol. The van der Waals surface area contributed by atoms with E-state index in [-0.39, 0.29) is 5.41 Å². The fourth-order valence-electron chi connectivity index (χ4n) is 1.73. The molecule has 1 rings (SSSR count). The van der Waals surface area contributed by atoms with Gasteiger partial charge >= 0.3 is 0 Å². The van der Waals surface area contributed by atoms with Gasteiger partial charge in [0, 0.05) is 5.75 Å². The molecule has 0 aliphatic carbocycles. The number of phenols is 1. The lowest BCUT2D eigenvalue weighted by atomic mass is 9.86. The standard InChI is InChI=1S/C15H24OS/c1-5-6-9-17-11-15(3,4)13-7-8-14(16)12(2)10-13/h7-8,10,16H,5-6,9,11H2,1-4H3. The zero-order chi connectivity index (χ0) is 12.9. The van der Waals surface area contributed by atoms with Crippen molar-refractivity contribution >= 4 is 11.8 Å². The van der Waals surface area contributed by atoms with E-state index in [2.05, 4.69) is 26.8 Å². The van der Waals surface area contributed by atoms with Gasteiger partial charge in [0.1, 0.15) is 5.75 Å². The Morgan fingerprint density at radius 1 is 1.29 bits per heavy atom. The van der Waals surface area contributed by atoms with Gasteiger partial charge < -0.3 is 5.11 Å². The third-order valence-corrected chi connectivity index (χ3v) is 4.59. The second kappa shape index (κ2) is 6.34. The molecule has 0 unspecified atom stereocenters. The minimum Gasteiger partial charge on any atom is -0.508 e. The summed E-state index contributed by atoms with van der Waals surface area (Å²) in [4.78, 5) is 0. The van der Waals surface area contributed by atoms with Crippen LogP contribution in [-0.2, 0) is 5.41 Å². The Labute approximate surface area is 110 Å². The van der Waals surface area contributed by atoms with Crippen LogP contribution in [0.1, 0.15) is 44.7 Å².